The molecule has 0 saturated carbocycles. The molecule has 0 aromatic rings. The maximum atomic E-state index is 11.7. The minimum atomic E-state index is -0.167. The second kappa shape index (κ2) is 6.86. The summed E-state index contributed by atoms with van der Waals surface area (Å²) in [6, 6.07) is 0.228. The summed E-state index contributed by atoms with van der Waals surface area (Å²) >= 11 is 0. The third-order valence-corrected chi connectivity index (χ3v) is 3.38. The lowest BCUT2D eigenvalue weighted by Gasteiger charge is -2.30. The summed E-state index contributed by atoms with van der Waals surface area (Å²) in [5, 5.41) is 6.76. The van der Waals surface area contributed by atoms with E-state index in [-0.39, 0.29) is 12.0 Å². The monoisotopic (exact) mass is 228 g/mol. The summed E-state index contributed by atoms with van der Waals surface area (Å²) in [7, 11) is 1.46. The first-order valence-corrected chi connectivity index (χ1v) is 6.23. The van der Waals surface area contributed by atoms with Gasteiger partial charge in [0.1, 0.15) is 6.04 Å². The van der Waals surface area contributed by atoms with Crippen molar-refractivity contribution in [3.63, 3.8) is 0 Å². The first-order chi connectivity index (χ1) is 7.69. The van der Waals surface area contributed by atoms with Crippen molar-refractivity contribution >= 4 is 5.97 Å². The molecular weight excluding hydrogens is 204 g/mol. The van der Waals surface area contributed by atoms with Gasteiger partial charge >= 0.3 is 5.97 Å². The molecule has 1 aliphatic rings. The molecule has 0 aliphatic carbocycles. The number of carbonyl (C=O) groups excluding carboxylic acids is 1. The van der Waals surface area contributed by atoms with Crippen LogP contribution >= 0.6 is 0 Å². The van der Waals surface area contributed by atoms with E-state index in [4.69, 9.17) is 4.74 Å². The second-order valence-corrected chi connectivity index (χ2v) is 4.60. The molecule has 4 nitrogen and oxygen atoms in total. The van der Waals surface area contributed by atoms with Crippen LogP contribution in [0.25, 0.3) is 0 Å². The van der Waals surface area contributed by atoms with E-state index in [1.54, 1.807) is 0 Å². The summed E-state index contributed by atoms with van der Waals surface area (Å²) in [5.41, 5.74) is 0. The fourth-order valence-electron chi connectivity index (χ4n) is 2.08. The third-order valence-electron chi connectivity index (χ3n) is 3.38. The Morgan fingerprint density at radius 2 is 2.38 bits per heavy atom. The molecule has 3 atom stereocenters. The molecule has 0 bridgehead atoms. The zero-order valence-corrected chi connectivity index (χ0v) is 10.6. The van der Waals surface area contributed by atoms with Gasteiger partial charge in [-0.3, -0.25) is 4.79 Å². The molecule has 4 heteroatoms. The first kappa shape index (κ1) is 13.5. The van der Waals surface area contributed by atoms with Crippen LogP contribution in [-0.2, 0) is 9.53 Å². The van der Waals surface area contributed by atoms with Gasteiger partial charge in [0.2, 0.25) is 0 Å². The molecule has 1 saturated heterocycles. The van der Waals surface area contributed by atoms with Gasteiger partial charge in [0.25, 0.3) is 0 Å². The highest BCUT2D eigenvalue weighted by atomic mass is 16.5. The summed E-state index contributed by atoms with van der Waals surface area (Å²) in [4.78, 5) is 11.7. The van der Waals surface area contributed by atoms with Crippen LogP contribution in [0.15, 0.2) is 0 Å². The van der Waals surface area contributed by atoms with Crippen LogP contribution in [0.1, 0.15) is 33.1 Å². The van der Waals surface area contributed by atoms with Crippen molar-refractivity contribution in [3.05, 3.63) is 0 Å². The lowest BCUT2D eigenvalue weighted by molar-refractivity contribution is -0.144. The Morgan fingerprint density at radius 3 is 2.88 bits per heavy atom. The predicted molar refractivity (Wildman–Crippen MR) is 64.3 cm³/mol. The predicted octanol–water partition coefficient (Wildman–Crippen LogP) is 0.916. The number of carbonyl (C=O) groups is 1. The Balaban J connectivity index is 2.51. The van der Waals surface area contributed by atoms with E-state index >= 15 is 0 Å². The van der Waals surface area contributed by atoms with Crippen LogP contribution in [0.2, 0.25) is 0 Å². The van der Waals surface area contributed by atoms with Gasteiger partial charge in [-0.1, -0.05) is 20.3 Å². The van der Waals surface area contributed by atoms with Crippen LogP contribution < -0.4 is 10.6 Å². The highest BCUT2D eigenvalue weighted by molar-refractivity contribution is 5.76. The van der Waals surface area contributed by atoms with Crippen LogP contribution in [0.3, 0.4) is 0 Å². The Morgan fingerprint density at radius 1 is 1.62 bits per heavy atom. The van der Waals surface area contributed by atoms with Crippen molar-refractivity contribution < 1.29 is 9.53 Å². The SMILES string of the molecule is CCC(C)C(NC1CCCNC1)C(=O)OC. The summed E-state index contributed by atoms with van der Waals surface area (Å²) < 4.78 is 4.86. The summed E-state index contributed by atoms with van der Waals surface area (Å²) in [5.74, 6) is 0.175. The average molecular weight is 228 g/mol. The molecule has 0 aromatic carbocycles. The topological polar surface area (TPSA) is 50.4 Å². The van der Waals surface area contributed by atoms with Gasteiger partial charge in [-0.25, -0.2) is 0 Å². The van der Waals surface area contributed by atoms with Crippen molar-refractivity contribution in [2.75, 3.05) is 20.2 Å². The van der Waals surface area contributed by atoms with Crippen LogP contribution in [0, 0.1) is 5.92 Å². The average Bonchev–Trinajstić information content (AvgIpc) is 2.35. The first-order valence-electron chi connectivity index (χ1n) is 6.23. The fraction of sp³-hybridized carbons (Fsp3) is 0.917. The standard InChI is InChI=1S/C12H24N2O2/c1-4-9(2)11(12(15)16-3)14-10-6-5-7-13-8-10/h9-11,13-14H,4-8H2,1-3H3. The van der Waals surface area contributed by atoms with Crippen molar-refractivity contribution in [1.29, 1.82) is 0 Å². The number of methoxy groups -OCH3 is 1. The lowest BCUT2D eigenvalue weighted by atomic mass is 9.97. The van der Waals surface area contributed by atoms with E-state index in [1.165, 1.54) is 13.5 Å². The van der Waals surface area contributed by atoms with E-state index in [0.29, 0.717) is 12.0 Å². The molecule has 16 heavy (non-hydrogen) atoms. The minimum Gasteiger partial charge on any atom is -0.468 e. The molecular formula is C12H24N2O2. The zero-order chi connectivity index (χ0) is 12.0. The van der Waals surface area contributed by atoms with Gasteiger partial charge in [0.15, 0.2) is 0 Å². The van der Waals surface area contributed by atoms with Crippen molar-refractivity contribution in [1.82, 2.24) is 10.6 Å². The summed E-state index contributed by atoms with van der Waals surface area (Å²) in [6.45, 7) is 6.22. The highest BCUT2D eigenvalue weighted by Gasteiger charge is 2.27. The van der Waals surface area contributed by atoms with E-state index in [0.717, 1.165) is 25.9 Å². The van der Waals surface area contributed by atoms with Crippen LogP contribution in [-0.4, -0.2) is 38.3 Å². The Bertz CT molecular complexity index is 215. The number of rotatable bonds is 5. The number of hydrogen-bond donors (Lipinski definition) is 2. The van der Waals surface area contributed by atoms with E-state index in [2.05, 4.69) is 24.5 Å². The second-order valence-electron chi connectivity index (χ2n) is 4.60. The van der Waals surface area contributed by atoms with Gasteiger partial charge in [-0.2, -0.15) is 0 Å². The number of nitrogens with one attached hydrogen (secondary N) is 2. The minimum absolute atomic E-state index is 0.139. The van der Waals surface area contributed by atoms with Crippen LogP contribution in [0.4, 0.5) is 0 Å². The Labute approximate surface area is 98.1 Å². The molecule has 3 unspecified atom stereocenters. The van der Waals surface area contributed by atoms with E-state index in [1.807, 2.05) is 0 Å². The van der Waals surface area contributed by atoms with Crippen molar-refractivity contribution in [3.8, 4) is 0 Å². The molecule has 0 amide bonds. The largest absolute Gasteiger partial charge is 0.468 e. The smallest absolute Gasteiger partial charge is 0.323 e. The third kappa shape index (κ3) is 3.76. The molecule has 0 spiro atoms. The van der Waals surface area contributed by atoms with E-state index < -0.39 is 0 Å². The van der Waals surface area contributed by atoms with Gasteiger partial charge in [-0.05, 0) is 25.3 Å². The van der Waals surface area contributed by atoms with Gasteiger partial charge < -0.3 is 15.4 Å². The number of ether oxygens (including phenoxy) is 1. The molecule has 94 valence electrons. The zero-order valence-electron chi connectivity index (χ0n) is 10.6. The quantitative estimate of drug-likeness (QED) is 0.687. The summed E-state index contributed by atoms with van der Waals surface area (Å²) in [6.07, 6.45) is 3.29. The molecule has 1 rings (SSSR count). The van der Waals surface area contributed by atoms with Crippen LogP contribution in [0.5, 0.6) is 0 Å². The van der Waals surface area contributed by atoms with Crippen molar-refractivity contribution in [2.45, 2.75) is 45.2 Å². The fourth-order valence-corrected chi connectivity index (χ4v) is 2.08. The number of hydrogen-bond acceptors (Lipinski definition) is 4. The van der Waals surface area contributed by atoms with E-state index in [9.17, 15) is 4.79 Å². The molecule has 0 radical (unpaired) electrons. The van der Waals surface area contributed by atoms with Gasteiger partial charge in [-0.15, -0.1) is 0 Å². The molecule has 2 N–H and O–H groups in total. The number of piperidine rings is 1. The Kier molecular flexibility index (Phi) is 5.77. The molecule has 1 heterocycles. The van der Waals surface area contributed by atoms with Gasteiger partial charge in [0.05, 0.1) is 7.11 Å². The molecule has 1 aliphatic heterocycles. The normalized spacial score (nSPS) is 24.8. The van der Waals surface area contributed by atoms with Crippen molar-refractivity contribution in [2.24, 2.45) is 5.92 Å². The molecule has 1 fully saturated rings. The highest BCUT2D eigenvalue weighted by Crippen LogP contribution is 2.12. The molecule has 0 aromatic heterocycles. The number of esters is 1. The Hall–Kier alpha value is -0.610. The lowest BCUT2D eigenvalue weighted by Crippen LogP contribution is -2.52. The maximum Gasteiger partial charge on any atom is 0.323 e. The maximum absolute atomic E-state index is 11.7. The van der Waals surface area contributed by atoms with Gasteiger partial charge in [0, 0.05) is 12.6 Å².